The molecular weight excluding hydrogens is 237 g/mol. The summed E-state index contributed by atoms with van der Waals surface area (Å²) < 4.78 is 15.4. The number of furan rings is 1. The van der Waals surface area contributed by atoms with Crippen LogP contribution in [0.2, 0.25) is 0 Å². The van der Waals surface area contributed by atoms with E-state index >= 15 is 0 Å². The molecule has 1 aromatic heterocycles. The lowest BCUT2D eigenvalue weighted by molar-refractivity contribution is -0.144. The fourth-order valence-corrected chi connectivity index (χ4v) is 1.63. The minimum Gasteiger partial charge on any atom is -0.480 e. The van der Waals surface area contributed by atoms with Gasteiger partial charge in [-0.3, -0.25) is 9.88 Å². The number of hydrogen-bond acceptors (Lipinski definition) is 4. The summed E-state index contributed by atoms with van der Waals surface area (Å²) in [5.41, 5.74) is -1.30. The van der Waals surface area contributed by atoms with E-state index in [4.69, 9.17) is 19.3 Å². The van der Waals surface area contributed by atoms with Crippen molar-refractivity contribution in [3.05, 3.63) is 24.2 Å². The van der Waals surface area contributed by atoms with Crippen molar-refractivity contribution in [1.29, 1.82) is 0 Å². The molecule has 16 heavy (non-hydrogen) atoms. The van der Waals surface area contributed by atoms with Crippen molar-refractivity contribution in [2.24, 2.45) is 0 Å². The van der Waals surface area contributed by atoms with Crippen molar-refractivity contribution in [2.75, 3.05) is 6.29 Å². The van der Waals surface area contributed by atoms with E-state index in [0.717, 1.165) is 0 Å². The van der Waals surface area contributed by atoms with Crippen molar-refractivity contribution in [3.63, 3.8) is 0 Å². The van der Waals surface area contributed by atoms with Gasteiger partial charge >= 0.3 is 13.6 Å². The molecule has 4 N–H and O–H groups in total. The maximum atomic E-state index is 11.1. The first-order chi connectivity index (χ1) is 7.26. The molecule has 1 atom stereocenters. The summed E-state index contributed by atoms with van der Waals surface area (Å²) in [6.45, 7) is 1.30. The minimum absolute atomic E-state index is 0.286. The number of nitrogens with one attached hydrogen (secondary N) is 1. The zero-order chi connectivity index (χ0) is 12.4. The highest BCUT2D eigenvalue weighted by atomic mass is 31.2. The van der Waals surface area contributed by atoms with E-state index < -0.39 is 25.4 Å². The monoisotopic (exact) mass is 249 g/mol. The molecule has 0 spiro atoms. The number of carbonyl (C=O) groups is 1. The van der Waals surface area contributed by atoms with Crippen LogP contribution in [-0.4, -0.2) is 27.1 Å². The van der Waals surface area contributed by atoms with E-state index in [0.29, 0.717) is 0 Å². The SMILES string of the molecule is CC(NCP(=O)(O)O)(C(=O)O)c1ccoc1. The van der Waals surface area contributed by atoms with Gasteiger partial charge in [-0.15, -0.1) is 0 Å². The molecule has 7 nitrogen and oxygen atoms in total. The predicted octanol–water partition coefficient (Wildman–Crippen LogP) is 0.304. The topological polar surface area (TPSA) is 120 Å². The molecule has 0 fully saturated rings. The largest absolute Gasteiger partial charge is 0.480 e. The van der Waals surface area contributed by atoms with Crippen LogP contribution < -0.4 is 5.32 Å². The Hall–Kier alpha value is -1.14. The molecule has 1 rings (SSSR count). The van der Waals surface area contributed by atoms with Crippen LogP contribution in [0.15, 0.2) is 23.0 Å². The van der Waals surface area contributed by atoms with Crippen LogP contribution in [0.5, 0.6) is 0 Å². The average Bonchev–Trinajstić information content (AvgIpc) is 2.65. The molecule has 0 saturated heterocycles. The molecule has 0 bridgehead atoms. The molecule has 0 saturated carbocycles. The van der Waals surface area contributed by atoms with E-state index in [-0.39, 0.29) is 5.56 Å². The third-order valence-electron chi connectivity index (χ3n) is 2.16. The Morgan fingerprint density at radius 3 is 2.62 bits per heavy atom. The van der Waals surface area contributed by atoms with E-state index in [2.05, 4.69) is 5.32 Å². The van der Waals surface area contributed by atoms with Gasteiger partial charge in [0.05, 0.1) is 18.8 Å². The van der Waals surface area contributed by atoms with Crippen molar-refractivity contribution in [1.82, 2.24) is 5.32 Å². The number of carboxylic acid groups (broad SMARTS) is 1. The van der Waals surface area contributed by atoms with Gasteiger partial charge in [0.1, 0.15) is 5.54 Å². The normalized spacial score (nSPS) is 15.7. The zero-order valence-electron chi connectivity index (χ0n) is 8.45. The highest BCUT2D eigenvalue weighted by molar-refractivity contribution is 7.51. The lowest BCUT2D eigenvalue weighted by Gasteiger charge is -2.25. The van der Waals surface area contributed by atoms with Crippen molar-refractivity contribution >= 4 is 13.6 Å². The van der Waals surface area contributed by atoms with Crippen molar-refractivity contribution in [2.45, 2.75) is 12.5 Å². The fraction of sp³-hybridized carbons (Fsp3) is 0.375. The second kappa shape index (κ2) is 4.39. The Morgan fingerprint density at radius 2 is 2.25 bits per heavy atom. The van der Waals surface area contributed by atoms with Gasteiger partial charge in [0.25, 0.3) is 0 Å². The first-order valence-electron chi connectivity index (χ1n) is 4.31. The Kier molecular flexibility index (Phi) is 3.54. The van der Waals surface area contributed by atoms with E-state index in [1.165, 1.54) is 25.5 Å². The first-order valence-corrected chi connectivity index (χ1v) is 6.11. The summed E-state index contributed by atoms with van der Waals surface area (Å²) in [6, 6.07) is 1.42. The van der Waals surface area contributed by atoms with Gasteiger partial charge in [0.15, 0.2) is 0 Å². The highest BCUT2D eigenvalue weighted by Gasteiger charge is 2.37. The van der Waals surface area contributed by atoms with Crippen LogP contribution in [0.4, 0.5) is 0 Å². The fourth-order valence-electron chi connectivity index (χ4n) is 1.11. The lowest BCUT2D eigenvalue weighted by Crippen LogP contribution is -2.46. The molecule has 0 aromatic carbocycles. The van der Waals surface area contributed by atoms with Gasteiger partial charge in [-0.05, 0) is 13.0 Å². The van der Waals surface area contributed by atoms with Crippen molar-refractivity contribution in [3.8, 4) is 0 Å². The maximum absolute atomic E-state index is 11.1. The van der Waals surface area contributed by atoms with Crippen molar-refractivity contribution < 1.29 is 28.7 Å². The summed E-state index contributed by atoms with van der Waals surface area (Å²) in [7, 11) is -4.31. The molecule has 90 valence electrons. The third kappa shape index (κ3) is 2.93. The Morgan fingerprint density at radius 1 is 1.62 bits per heavy atom. The zero-order valence-corrected chi connectivity index (χ0v) is 9.35. The molecular formula is C8H12NO6P. The summed E-state index contributed by atoms with van der Waals surface area (Å²) in [5.74, 6) is -1.25. The third-order valence-corrected chi connectivity index (χ3v) is 2.73. The average molecular weight is 249 g/mol. The van der Waals surface area contributed by atoms with E-state index in [9.17, 15) is 9.36 Å². The van der Waals surface area contributed by atoms with Crippen LogP contribution >= 0.6 is 7.60 Å². The quantitative estimate of drug-likeness (QED) is 0.554. The Balaban J connectivity index is 2.91. The molecule has 0 aliphatic carbocycles. The van der Waals surface area contributed by atoms with Gasteiger partial charge in [-0.1, -0.05) is 0 Å². The first kappa shape index (κ1) is 12.9. The molecule has 0 radical (unpaired) electrons. The molecule has 1 aromatic rings. The summed E-state index contributed by atoms with van der Waals surface area (Å²) in [6.07, 6.45) is 1.78. The van der Waals surface area contributed by atoms with Gasteiger partial charge in [0.2, 0.25) is 0 Å². The lowest BCUT2D eigenvalue weighted by atomic mass is 9.95. The summed E-state index contributed by atoms with van der Waals surface area (Å²) in [4.78, 5) is 28.5. The maximum Gasteiger partial charge on any atom is 0.339 e. The molecule has 8 heteroatoms. The van der Waals surface area contributed by atoms with Gasteiger partial charge < -0.3 is 19.3 Å². The number of hydrogen-bond donors (Lipinski definition) is 4. The highest BCUT2D eigenvalue weighted by Crippen LogP contribution is 2.34. The van der Waals surface area contributed by atoms with Gasteiger partial charge in [-0.2, -0.15) is 0 Å². The second-order valence-corrected chi connectivity index (χ2v) is 5.09. The van der Waals surface area contributed by atoms with Crippen LogP contribution in [0.1, 0.15) is 12.5 Å². The van der Waals surface area contributed by atoms with Crippen LogP contribution in [0.3, 0.4) is 0 Å². The van der Waals surface area contributed by atoms with E-state index in [1.54, 1.807) is 0 Å². The molecule has 0 aliphatic rings. The van der Waals surface area contributed by atoms with E-state index in [1.807, 2.05) is 0 Å². The molecule has 1 unspecified atom stereocenters. The second-order valence-electron chi connectivity index (χ2n) is 3.44. The number of aliphatic carboxylic acids is 1. The number of rotatable bonds is 5. The van der Waals surface area contributed by atoms with Gasteiger partial charge in [-0.25, -0.2) is 4.79 Å². The summed E-state index contributed by atoms with van der Waals surface area (Å²) in [5, 5.41) is 11.4. The summed E-state index contributed by atoms with van der Waals surface area (Å²) >= 11 is 0. The minimum atomic E-state index is -4.31. The number of carboxylic acids is 1. The molecule has 0 aliphatic heterocycles. The van der Waals surface area contributed by atoms with Crippen LogP contribution in [0.25, 0.3) is 0 Å². The molecule has 0 amide bonds. The standard InChI is InChI=1S/C8H12NO6P/c1-8(7(10)11,6-2-3-15-4-6)9-5-16(12,13)14/h2-4,9H,5H2,1H3,(H,10,11)(H2,12,13,14). The molecule has 1 heterocycles. The van der Waals surface area contributed by atoms with Crippen LogP contribution in [0, 0.1) is 0 Å². The van der Waals surface area contributed by atoms with Gasteiger partial charge in [0, 0.05) is 5.56 Å². The van der Waals surface area contributed by atoms with Crippen LogP contribution in [-0.2, 0) is 14.9 Å². The Labute approximate surface area is 91.2 Å². The smallest absolute Gasteiger partial charge is 0.339 e. The Bertz CT molecular complexity index is 410. The predicted molar refractivity (Wildman–Crippen MR) is 53.7 cm³/mol.